The van der Waals surface area contributed by atoms with Gasteiger partial charge in [0.05, 0.1) is 5.60 Å². The van der Waals surface area contributed by atoms with Crippen LogP contribution in [0.4, 0.5) is 4.79 Å². The van der Waals surface area contributed by atoms with E-state index in [2.05, 4.69) is 10.6 Å². The molecule has 1 aromatic carbocycles. The lowest BCUT2D eigenvalue weighted by Gasteiger charge is -2.59. The van der Waals surface area contributed by atoms with E-state index in [4.69, 9.17) is 0 Å². The molecule has 0 aromatic heterocycles. The number of hydrogen-bond donors (Lipinski definition) is 4. The molecule has 34 heavy (non-hydrogen) atoms. The number of fused-ring (bicyclic) bond motifs is 1. The van der Waals surface area contributed by atoms with Gasteiger partial charge < -0.3 is 20.8 Å². The van der Waals surface area contributed by atoms with Crippen LogP contribution < -0.4 is 10.6 Å². The lowest BCUT2D eigenvalue weighted by atomic mass is 9.51. The maximum absolute atomic E-state index is 13.9. The van der Waals surface area contributed by atoms with Crippen molar-refractivity contribution in [1.82, 2.24) is 15.5 Å². The summed E-state index contributed by atoms with van der Waals surface area (Å²) in [6.07, 6.45) is 6.63. The number of amides is 3. The van der Waals surface area contributed by atoms with Crippen molar-refractivity contribution in [1.29, 1.82) is 0 Å². The second-order valence-corrected chi connectivity index (χ2v) is 11.4. The molecule has 0 bridgehead atoms. The first-order valence-electron chi connectivity index (χ1n) is 13.1. The number of imide groups is 1. The zero-order valence-electron chi connectivity index (χ0n) is 20.5. The van der Waals surface area contributed by atoms with Crippen LogP contribution in [0.5, 0.6) is 5.75 Å². The number of aromatic hydroxyl groups is 1. The number of hydrogen-bond acceptors (Lipinski definition) is 5. The van der Waals surface area contributed by atoms with E-state index in [-0.39, 0.29) is 29.6 Å². The fraction of sp³-hybridized carbons (Fsp3) is 0.704. The number of piperidine rings is 1. The molecule has 0 spiro atoms. The maximum Gasteiger partial charge on any atom is 0.324 e. The normalized spacial score (nSPS) is 33.1. The van der Waals surface area contributed by atoms with Gasteiger partial charge in [0.25, 0.3) is 0 Å². The molecule has 1 aliphatic heterocycles. The lowest BCUT2D eigenvalue weighted by Crippen LogP contribution is -2.69. The summed E-state index contributed by atoms with van der Waals surface area (Å²) in [4.78, 5) is 28.4. The van der Waals surface area contributed by atoms with Crippen molar-refractivity contribution in [2.45, 2.75) is 82.3 Å². The smallest absolute Gasteiger partial charge is 0.324 e. The minimum Gasteiger partial charge on any atom is -0.508 e. The molecule has 3 aliphatic carbocycles. The molecule has 3 amide bonds. The molecule has 7 heteroatoms. The van der Waals surface area contributed by atoms with Crippen LogP contribution in [0.2, 0.25) is 0 Å². The Bertz CT molecular complexity index is 959. The van der Waals surface area contributed by atoms with E-state index in [1.54, 1.807) is 12.1 Å². The standard InChI is InChI=1S/C27H39N3O4/c1-17-3-8-22(31)13-23(17)26-11-12-28-18(2)27(26,34)10-9-21(14-26)24(32)30(16-20-6-7-20)25(33)29-15-19-4-5-19/h3,8,13,18-21,28,31,34H,4-7,9-12,14-16H2,1-2H3,(H,29,33)/t18?,21-,26-,27-/m1/s1. The first-order chi connectivity index (χ1) is 16.2. The summed E-state index contributed by atoms with van der Waals surface area (Å²) >= 11 is 0. The summed E-state index contributed by atoms with van der Waals surface area (Å²) in [6.45, 7) is 5.89. The highest BCUT2D eigenvalue weighted by Gasteiger charge is 2.60. The molecule has 0 radical (unpaired) electrons. The quantitative estimate of drug-likeness (QED) is 0.513. The first-order valence-corrected chi connectivity index (χ1v) is 13.1. The third-order valence-electron chi connectivity index (χ3n) is 8.99. The average molecular weight is 470 g/mol. The van der Waals surface area contributed by atoms with Gasteiger partial charge in [-0.2, -0.15) is 0 Å². The van der Waals surface area contributed by atoms with Crippen LogP contribution in [0.1, 0.15) is 69.4 Å². The molecule has 4 aliphatic rings. The van der Waals surface area contributed by atoms with Crippen molar-refractivity contribution < 1.29 is 19.8 Å². The number of nitrogens with one attached hydrogen (secondary N) is 2. The highest BCUT2D eigenvalue weighted by molar-refractivity contribution is 5.95. The third kappa shape index (κ3) is 4.22. The number of rotatable bonds is 6. The topological polar surface area (TPSA) is 102 Å². The second kappa shape index (κ2) is 8.83. The van der Waals surface area contributed by atoms with Gasteiger partial charge in [0.1, 0.15) is 5.75 Å². The molecule has 186 valence electrons. The maximum atomic E-state index is 13.9. The fourth-order valence-electron chi connectivity index (χ4n) is 6.47. The summed E-state index contributed by atoms with van der Waals surface area (Å²) < 4.78 is 0. The Hall–Kier alpha value is -2.12. The van der Waals surface area contributed by atoms with E-state index in [0.29, 0.717) is 50.6 Å². The van der Waals surface area contributed by atoms with Crippen molar-refractivity contribution in [3.8, 4) is 5.75 Å². The van der Waals surface area contributed by atoms with Crippen LogP contribution >= 0.6 is 0 Å². The average Bonchev–Trinajstić information content (AvgIpc) is 3.73. The predicted molar refractivity (Wildman–Crippen MR) is 129 cm³/mol. The van der Waals surface area contributed by atoms with Crippen molar-refractivity contribution in [2.24, 2.45) is 17.8 Å². The zero-order valence-corrected chi connectivity index (χ0v) is 20.5. The molecule has 4 atom stereocenters. The predicted octanol–water partition coefficient (Wildman–Crippen LogP) is 3.21. The third-order valence-corrected chi connectivity index (χ3v) is 8.99. The van der Waals surface area contributed by atoms with Crippen LogP contribution in [0.15, 0.2) is 18.2 Å². The summed E-state index contributed by atoms with van der Waals surface area (Å²) in [5, 5.41) is 28.8. The van der Waals surface area contributed by atoms with E-state index >= 15 is 0 Å². The van der Waals surface area contributed by atoms with Gasteiger partial charge in [-0.3, -0.25) is 9.69 Å². The Morgan fingerprint density at radius 1 is 1.15 bits per heavy atom. The number of carbonyl (C=O) groups excluding carboxylic acids is 2. The Balaban J connectivity index is 1.45. The van der Waals surface area contributed by atoms with Gasteiger partial charge in [0.2, 0.25) is 5.91 Å². The Morgan fingerprint density at radius 2 is 1.88 bits per heavy atom. The molecular weight excluding hydrogens is 430 g/mol. The number of benzene rings is 1. The summed E-state index contributed by atoms with van der Waals surface area (Å²) in [6, 6.07) is 4.94. The van der Waals surface area contributed by atoms with E-state index in [0.717, 1.165) is 43.4 Å². The van der Waals surface area contributed by atoms with Crippen LogP contribution in [0.3, 0.4) is 0 Å². The molecular formula is C27H39N3O4. The van der Waals surface area contributed by atoms with Gasteiger partial charge in [0, 0.05) is 30.5 Å². The van der Waals surface area contributed by atoms with Gasteiger partial charge in [-0.1, -0.05) is 6.07 Å². The number of carbonyl (C=O) groups is 2. The Labute approximate surface area is 202 Å². The minimum atomic E-state index is -1.03. The second-order valence-electron chi connectivity index (χ2n) is 11.4. The van der Waals surface area contributed by atoms with E-state index in [9.17, 15) is 19.8 Å². The monoisotopic (exact) mass is 469 g/mol. The SMILES string of the molecule is Cc1ccc(O)cc1[C@]12CCNC(C)[C@]1(O)CC[C@@H](C(=O)N(CC1CC1)C(=O)NCC1CC1)C2. The minimum absolute atomic E-state index is 0.106. The van der Waals surface area contributed by atoms with E-state index in [1.807, 2.05) is 19.9 Å². The van der Waals surface area contributed by atoms with Crippen LogP contribution in [-0.4, -0.2) is 58.3 Å². The molecule has 5 rings (SSSR count). The number of aryl methyl sites for hydroxylation is 1. The molecule has 7 nitrogen and oxygen atoms in total. The van der Waals surface area contributed by atoms with Gasteiger partial charge in [0.15, 0.2) is 0 Å². The molecule has 1 unspecified atom stereocenters. The van der Waals surface area contributed by atoms with Crippen molar-refractivity contribution in [3.05, 3.63) is 29.3 Å². The highest BCUT2D eigenvalue weighted by Crippen LogP contribution is 2.55. The number of phenolic OH excluding ortho intramolecular Hbond substituents is 1. The Kier molecular flexibility index (Phi) is 6.13. The zero-order chi connectivity index (χ0) is 24.1. The largest absolute Gasteiger partial charge is 0.508 e. The van der Waals surface area contributed by atoms with Crippen LogP contribution in [-0.2, 0) is 10.2 Å². The van der Waals surface area contributed by atoms with Crippen LogP contribution in [0, 0.1) is 24.7 Å². The summed E-state index contributed by atoms with van der Waals surface area (Å²) in [5.74, 6) is 0.701. The first kappa shape index (κ1) is 23.6. The molecule has 1 saturated heterocycles. The molecule has 1 aromatic rings. The number of aliphatic hydroxyl groups is 1. The van der Waals surface area contributed by atoms with Crippen molar-refractivity contribution in [2.75, 3.05) is 19.6 Å². The van der Waals surface area contributed by atoms with E-state index in [1.165, 1.54) is 4.90 Å². The number of nitrogens with zero attached hydrogens (tertiary/aromatic N) is 1. The summed E-state index contributed by atoms with van der Waals surface area (Å²) in [7, 11) is 0. The molecule has 3 saturated carbocycles. The highest BCUT2D eigenvalue weighted by atomic mass is 16.3. The number of urea groups is 1. The van der Waals surface area contributed by atoms with Gasteiger partial charge in [-0.15, -0.1) is 0 Å². The Morgan fingerprint density at radius 3 is 2.59 bits per heavy atom. The van der Waals surface area contributed by atoms with Crippen LogP contribution in [0.25, 0.3) is 0 Å². The molecule has 4 N–H and O–H groups in total. The fourth-order valence-corrected chi connectivity index (χ4v) is 6.47. The summed E-state index contributed by atoms with van der Waals surface area (Å²) in [5.41, 5.74) is 0.244. The van der Waals surface area contributed by atoms with Gasteiger partial charge in [-0.05, 0) is 107 Å². The van der Waals surface area contributed by atoms with Crippen molar-refractivity contribution in [3.63, 3.8) is 0 Å². The molecule has 1 heterocycles. The number of phenols is 1. The van der Waals surface area contributed by atoms with Gasteiger partial charge in [-0.25, -0.2) is 4.79 Å². The lowest BCUT2D eigenvalue weighted by molar-refractivity contribution is -0.149. The van der Waals surface area contributed by atoms with Gasteiger partial charge >= 0.3 is 6.03 Å². The van der Waals surface area contributed by atoms with E-state index < -0.39 is 11.0 Å². The molecule has 4 fully saturated rings. The van der Waals surface area contributed by atoms with Crippen molar-refractivity contribution >= 4 is 11.9 Å².